The van der Waals surface area contributed by atoms with Crippen LogP contribution in [0.4, 0.5) is 5.82 Å². The maximum atomic E-state index is 11.8. The molecule has 1 saturated heterocycles. The first-order chi connectivity index (χ1) is 9.60. The van der Waals surface area contributed by atoms with E-state index < -0.39 is 0 Å². The summed E-state index contributed by atoms with van der Waals surface area (Å²) in [7, 11) is 0. The highest BCUT2D eigenvalue weighted by Gasteiger charge is 2.33. The monoisotopic (exact) mass is 277 g/mol. The predicted molar refractivity (Wildman–Crippen MR) is 68.1 cm³/mol. The van der Waals surface area contributed by atoms with Crippen LogP contribution in [0.2, 0.25) is 0 Å². The molecule has 3 rings (SSSR count). The number of hydrogen-bond donors (Lipinski definition) is 1. The Morgan fingerprint density at radius 2 is 2.20 bits per heavy atom. The molecule has 0 spiro atoms. The van der Waals surface area contributed by atoms with E-state index >= 15 is 0 Å². The third kappa shape index (κ3) is 2.69. The third-order valence-corrected chi connectivity index (χ3v) is 3.11. The molecule has 1 aliphatic rings. The lowest BCUT2D eigenvalue weighted by Gasteiger charge is -2.36. The van der Waals surface area contributed by atoms with Crippen LogP contribution in [0.15, 0.2) is 15.1 Å². The van der Waals surface area contributed by atoms with Crippen molar-refractivity contribution in [1.82, 2.24) is 20.2 Å². The van der Waals surface area contributed by atoms with E-state index in [1.54, 1.807) is 19.9 Å². The van der Waals surface area contributed by atoms with Gasteiger partial charge in [-0.05, 0) is 13.8 Å². The van der Waals surface area contributed by atoms with Gasteiger partial charge in [0.2, 0.25) is 11.8 Å². The molecule has 1 aliphatic heterocycles. The largest absolute Gasteiger partial charge is 0.360 e. The van der Waals surface area contributed by atoms with Gasteiger partial charge < -0.3 is 14.4 Å². The lowest BCUT2D eigenvalue weighted by atomic mass is 10.0. The van der Waals surface area contributed by atoms with Crippen LogP contribution >= 0.6 is 0 Å². The van der Waals surface area contributed by atoms with E-state index in [2.05, 4.69) is 20.6 Å². The number of rotatable bonds is 4. The normalized spacial score (nSPS) is 16.1. The Morgan fingerprint density at radius 1 is 1.40 bits per heavy atom. The Balaban J connectivity index is 1.45. The molecule has 1 N–H and O–H groups in total. The predicted octanol–water partition coefficient (Wildman–Crippen LogP) is 0.712. The summed E-state index contributed by atoms with van der Waals surface area (Å²) in [6.45, 7) is 5.36. The first kappa shape index (κ1) is 12.8. The minimum Gasteiger partial charge on any atom is -0.360 e. The van der Waals surface area contributed by atoms with Gasteiger partial charge in [-0.15, -0.1) is 0 Å². The summed E-state index contributed by atoms with van der Waals surface area (Å²) in [6.07, 6.45) is 0. The van der Waals surface area contributed by atoms with E-state index in [4.69, 9.17) is 9.05 Å². The minimum atomic E-state index is -0.113. The summed E-state index contributed by atoms with van der Waals surface area (Å²) < 4.78 is 9.99. The number of likely N-dealkylation sites (tertiary alicyclic amines) is 1. The highest BCUT2D eigenvalue weighted by Crippen LogP contribution is 2.25. The van der Waals surface area contributed by atoms with Crippen LogP contribution in [-0.2, 0) is 4.79 Å². The molecule has 8 heteroatoms. The number of carbonyl (C=O) groups excluding carboxylic acids is 1. The highest BCUT2D eigenvalue weighted by atomic mass is 16.5. The van der Waals surface area contributed by atoms with E-state index in [1.807, 2.05) is 4.90 Å². The molecule has 0 aromatic carbocycles. The van der Waals surface area contributed by atoms with Crippen LogP contribution in [0, 0.1) is 13.8 Å². The van der Waals surface area contributed by atoms with Crippen molar-refractivity contribution in [1.29, 1.82) is 0 Å². The van der Waals surface area contributed by atoms with Crippen molar-refractivity contribution in [2.24, 2.45) is 0 Å². The Labute approximate surface area is 115 Å². The number of hydrogen-bond acceptors (Lipinski definition) is 7. The van der Waals surface area contributed by atoms with Crippen LogP contribution in [0.1, 0.15) is 23.4 Å². The second-order valence-electron chi connectivity index (χ2n) is 4.94. The number of aryl methyl sites for hydroxylation is 2. The smallest absolute Gasteiger partial charge is 0.239 e. The van der Waals surface area contributed by atoms with Crippen LogP contribution in [-0.4, -0.2) is 45.7 Å². The molecule has 0 bridgehead atoms. The number of anilines is 1. The Morgan fingerprint density at radius 3 is 2.80 bits per heavy atom. The zero-order chi connectivity index (χ0) is 14.1. The van der Waals surface area contributed by atoms with E-state index in [0.717, 1.165) is 13.1 Å². The second kappa shape index (κ2) is 5.04. The molecule has 0 radical (unpaired) electrons. The van der Waals surface area contributed by atoms with Gasteiger partial charge >= 0.3 is 0 Å². The number of amides is 1. The Kier molecular flexibility index (Phi) is 3.23. The zero-order valence-corrected chi connectivity index (χ0v) is 11.3. The van der Waals surface area contributed by atoms with Crippen LogP contribution < -0.4 is 5.32 Å². The summed E-state index contributed by atoms with van der Waals surface area (Å²) in [5.74, 6) is 2.49. The van der Waals surface area contributed by atoms with Gasteiger partial charge in [0.1, 0.15) is 5.76 Å². The van der Waals surface area contributed by atoms with E-state index in [0.29, 0.717) is 29.8 Å². The van der Waals surface area contributed by atoms with Crippen molar-refractivity contribution in [3.05, 3.63) is 23.5 Å². The molecule has 106 valence electrons. The first-order valence-electron chi connectivity index (χ1n) is 6.36. The summed E-state index contributed by atoms with van der Waals surface area (Å²) >= 11 is 0. The van der Waals surface area contributed by atoms with Gasteiger partial charge in [0, 0.05) is 19.2 Å². The Bertz CT molecular complexity index is 614. The molecule has 0 unspecified atom stereocenters. The molecule has 8 nitrogen and oxygen atoms in total. The van der Waals surface area contributed by atoms with E-state index in [1.165, 1.54) is 0 Å². The average molecular weight is 277 g/mol. The molecule has 0 aliphatic carbocycles. The van der Waals surface area contributed by atoms with Crippen molar-refractivity contribution >= 4 is 11.7 Å². The second-order valence-corrected chi connectivity index (χ2v) is 4.94. The van der Waals surface area contributed by atoms with Gasteiger partial charge in [0.05, 0.1) is 12.5 Å². The number of carbonyl (C=O) groups is 1. The summed E-state index contributed by atoms with van der Waals surface area (Å²) in [6, 6.07) is 1.68. The van der Waals surface area contributed by atoms with Gasteiger partial charge in [-0.3, -0.25) is 9.69 Å². The molecular weight excluding hydrogens is 262 g/mol. The third-order valence-electron chi connectivity index (χ3n) is 3.11. The minimum absolute atomic E-state index is 0.113. The molecular formula is C12H15N5O3. The molecule has 20 heavy (non-hydrogen) atoms. The Hall–Kier alpha value is -2.22. The SMILES string of the molecule is Cc1noc(C2CN(CC(=O)Nc3cc(C)on3)C2)n1. The molecule has 1 fully saturated rings. The highest BCUT2D eigenvalue weighted by molar-refractivity contribution is 5.91. The fraction of sp³-hybridized carbons (Fsp3) is 0.500. The standard InChI is InChI=1S/C12H15N5O3/c1-7-3-10(16-19-7)14-11(18)6-17-4-9(5-17)12-13-8(2)15-20-12/h3,9H,4-6H2,1-2H3,(H,14,16,18). The van der Waals surface area contributed by atoms with Crippen molar-refractivity contribution in [3.8, 4) is 0 Å². The number of aromatic nitrogens is 3. The van der Waals surface area contributed by atoms with Gasteiger partial charge in [-0.2, -0.15) is 4.98 Å². The van der Waals surface area contributed by atoms with Crippen molar-refractivity contribution in [2.45, 2.75) is 19.8 Å². The fourth-order valence-electron chi connectivity index (χ4n) is 2.14. The lowest BCUT2D eigenvalue weighted by Crippen LogP contribution is -2.48. The topological polar surface area (TPSA) is 97.3 Å². The van der Waals surface area contributed by atoms with Gasteiger partial charge in [0.15, 0.2) is 11.6 Å². The van der Waals surface area contributed by atoms with Crippen molar-refractivity contribution < 1.29 is 13.8 Å². The molecule has 2 aromatic heterocycles. The van der Waals surface area contributed by atoms with Crippen LogP contribution in [0.25, 0.3) is 0 Å². The van der Waals surface area contributed by atoms with E-state index in [-0.39, 0.29) is 11.8 Å². The van der Waals surface area contributed by atoms with Gasteiger partial charge in [-0.1, -0.05) is 10.3 Å². The number of nitrogens with zero attached hydrogens (tertiary/aromatic N) is 4. The zero-order valence-electron chi connectivity index (χ0n) is 11.3. The maximum absolute atomic E-state index is 11.8. The average Bonchev–Trinajstić information content (AvgIpc) is 2.92. The van der Waals surface area contributed by atoms with Crippen LogP contribution in [0.5, 0.6) is 0 Å². The maximum Gasteiger partial charge on any atom is 0.239 e. The van der Waals surface area contributed by atoms with Crippen molar-refractivity contribution in [2.75, 3.05) is 25.0 Å². The lowest BCUT2D eigenvalue weighted by molar-refractivity contribution is -0.118. The summed E-state index contributed by atoms with van der Waals surface area (Å²) in [5.41, 5.74) is 0. The van der Waals surface area contributed by atoms with Gasteiger partial charge in [0.25, 0.3) is 0 Å². The van der Waals surface area contributed by atoms with Crippen molar-refractivity contribution in [3.63, 3.8) is 0 Å². The molecule has 2 aromatic rings. The van der Waals surface area contributed by atoms with Crippen LogP contribution in [0.3, 0.4) is 0 Å². The fourth-order valence-corrected chi connectivity index (χ4v) is 2.14. The number of nitrogens with one attached hydrogen (secondary N) is 1. The van der Waals surface area contributed by atoms with Gasteiger partial charge in [-0.25, -0.2) is 0 Å². The van der Waals surface area contributed by atoms with E-state index in [9.17, 15) is 4.79 Å². The molecule has 0 saturated carbocycles. The summed E-state index contributed by atoms with van der Waals surface area (Å²) in [4.78, 5) is 18.0. The molecule has 0 atom stereocenters. The molecule has 3 heterocycles. The first-order valence-corrected chi connectivity index (χ1v) is 6.36. The quantitative estimate of drug-likeness (QED) is 0.878. The summed E-state index contributed by atoms with van der Waals surface area (Å²) in [5, 5.41) is 10.2. The molecule has 1 amide bonds.